The van der Waals surface area contributed by atoms with E-state index in [4.69, 9.17) is 14.6 Å². The highest BCUT2D eigenvalue weighted by Crippen LogP contribution is 2.33. The van der Waals surface area contributed by atoms with Gasteiger partial charge in [-0.3, -0.25) is 0 Å². The van der Waals surface area contributed by atoms with Crippen LogP contribution >= 0.6 is 0 Å². The van der Waals surface area contributed by atoms with Crippen LogP contribution in [0.2, 0.25) is 0 Å². The van der Waals surface area contributed by atoms with Crippen LogP contribution in [0.4, 0.5) is 5.69 Å². The SMILES string of the molecule is CC(C)(C)CNc1cc(-c2cnc(OC(C)(C)C)nc2OC(C)(C)C)nn2ccnc12. The second-order valence-electron chi connectivity index (χ2n) is 10.9. The summed E-state index contributed by atoms with van der Waals surface area (Å²) in [4.78, 5) is 13.4. The maximum Gasteiger partial charge on any atom is 0.320 e. The van der Waals surface area contributed by atoms with Crippen LogP contribution in [0.25, 0.3) is 16.9 Å². The topological polar surface area (TPSA) is 86.5 Å². The number of hydrogen-bond donors (Lipinski definition) is 1. The van der Waals surface area contributed by atoms with E-state index in [0.29, 0.717) is 17.1 Å². The van der Waals surface area contributed by atoms with E-state index in [2.05, 4.69) is 41.0 Å². The lowest BCUT2D eigenvalue weighted by molar-refractivity contribution is 0.103. The zero-order valence-electron chi connectivity index (χ0n) is 20.1. The van der Waals surface area contributed by atoms with Gasteiger partial charge in [0.25, 0.3) is 0 Å². The van der Waals surface area contributed by atoms with Gasteiger partial charge in [-0.05, 0) is 53.0 Å². The lowest BCUT2D eigenvalue weighted by Gasteiger charge is -2.24. The van der Waals surface area contributed by atoms with Crippen molar-refractivity contribution in [2.24, 2.45) is 5.41 Å². The average molecular weight is 427 g/mol. The Kier molecular flexibility index (Phi) is 5.86. The third-order valence-corrected chi connectivity index (χ3v) is 3.98. The van der Waals surface area contributed by atoms with Crippen LogP contribution in [0.5, 0.6) is 11.9 Å². The average Bonchev–Trinajstić information content (AvgIpc) is 3.05. The van der Waals surface area contributed by atoms with Crippen LogP contribution in [-0.4, -0.2) is 42.3 Å². The number of anilines is 1. The molecule has 0 saturated carbocycles. The summed E-state index contributed by atoms with van der Waals surface area (Å²) in [5.74, 6) is 0.426. The predicted octanol–water partition coefficient (Wildman–Crippen LogP) is 5.00. The molecule has 31 heavy (non-hydrogen) atoms. The fourth-order valence-electron chi connectivity index (χ4n) is 2.76. The van der Waals surface area contributed by atoms with Crippen molar-refractivity contribution in [3.05, 3.63) is 24.7 Å². The highest BCUT2D eigenvalue weighted by Gasteiger charge is 2.23. The van der Waals surface area contributed by atoms with E-state index in [9.17, 15) is 0 Å². The van der Waals surface area contributed by atoms with Gasteiger partial charge in [0.1, 0.15) is 16.9 Å². The highest BCUT2D eigenvalue weighted by molar-refractivity contribution is 5.75. The van der Waals surface area contributed by atoms with Crippen LogP contribution in [0.3, 0.4) is 0 Å². The molecule has 0 amide bonds. The van der Waals surface area contributed by atoms with Crippen molar-refractivity contribution < 1.29 is 9.47 Å². The molecule has 168 valence electrons. The lowest BCUT2D eigenvalue weighted by atomic mass is 9.97. The monoisotopic (exact) mass is 426 g/mol. The van der Waals surface area contributed by atoms with E-state index in [-0.39, 0.29) is 11.4 Å². The fraction of sp³-hybridized carbons (Fsp3) is 0.565. The molecule has 1 N–H and O–H groups in total. The normalized spacial score (nSPS) is 12.8. The van der Waals surface area contributed by atoms with Crippen LogP contribution in [-0.2, 0) is 0 Å². The Bertz CT molecular complexity index is 1050. The molecule has 8 heteroatoms. The van der Waals surface area contributed by atoms with Gasteiger partial charge in [-0.25, -0.2) is 14.5 Å². The molecule has 0 bridgehead atoms. The van der Waals surface area contributed by atoms with E-state index in [1.165, 1.54) is 0 Å². The zero-order chi connectivity index (χ0) is 23.0. The largest absolute Gasteiger partial charge is 0.471 e. The standard InChI is InChI=1S/C23H34N6O2/c1-21(2,3)14-26-17-12-16(28-29-11-10-24-18(17)29)15-13-25-20(31-23(7,8)9)27-19(15)30-22(4,5)6/h10-13,26H,14H2,1-9H3. The molecule has 0 spiro atoms. The summed E-state index contributed by atoms with van der Waals surface area (Å²) in [5.41, 5.74) is 2.27. The van der Waals surface area contributed by atoms with Gasteiger partial charge in [-0.15, -0.1) is 0 Å². The van der Waals surface area contributed by atoms with Gasteiger partial charge in [-0.1, -0.05) is 20.8 Å². The summed E-state index contributed by atoms with van der Waals surface area (Å²) in [6, 6.07) is 2.23. The van der Waals surface area contributed by atoms with E-state index in [1.54, 1.807) is 16.9 Å². The molecule has 0 radical (unpaired) electrons. The van der Waals surface area contributed by atoms with Crippen LogP contribution < -0.4 is 14.8 Å². The first-order valence-electron chi connectivity index (χ1n) is 10.5. The lowest BCUT2D eigenvalue weighted by Crippen LogP contribution is -2.26. The maximum atomic E-state index is 6.17. The molecule has 0 unspecified atom stereocenters. The minimum absolute atomic E-state index is 0.114. The molecular weight excluding hydrogens is 392 g/mol. The zero-order valence-corrected chi connectivity index (χ0v) is 20.1. The summed E-state index contributed by atoms with van der Waals surface area (Å²) in [7, 11) is 0. The van der Waals surface area contributed by atoms with Crippen LogP contribution in [0, 0.1) is 5.41 Å². The number of fused-ring (bicyclic) bond motifs is 1. The van der Waals surface area contributed by atoms with Crippen LogP contribution in [0.15, 0.2) is 24.7 Å². The molecule has 3 heterocycles. The first-order valence-corrected chi connectivity index (χ1v) is 10.5. The molecule has 0 aliphatic rings. The quantitative estimate of drug-likeness (QED) is 0.614. The molecule has 0 fully saturated rings. The predicted molar refractivity (Wildman–Crippen MR) is 123 cm³/mol. The Morgan fingerprint density at radius 1 is 0.935 bits per heavy atom. The second-order valence-corrected chi connectivity index (χ2v) is 10.9. The Morgan fingerprint density at radius 3 is 2.23 bits per heavy atom. The molecule has 3 rings (SSSR count). The van der Waals surface area contributed by atoms with Crippen LogP contribution in [0.1, 0.15) is 62.3 Å². The fourth-order valence-corrected chi connectivity index (χ4v) is 2.76. The molecule has 3 aromatic heterocycles. The number of rotatable bonds is 5. The van der Waals surface area contributed by atoms with E-state index in [0.717, 1.165) is 17.9 Å². The van der Waals surface area contributed by atoms with Crippen molar-refractivity contribution in [2.75, 3.05) is 11.9 Å². The van der Waals surface area contributed by atoms with Gasteiger partial charge in [0.2, 0.25) is 5.88 Å². The van der Waals surface area contributed by atoms with Crippen molar-refractivity contribution in [3.63, 3.8) is 0 Å². The van der Waals surface area contributed by atoms with Crippen molar-refractivity contribution in [3.8, 4) is 23.1 Å². The second kappa shape index (κ2) is 7.98. The Labute approximate surface area is 184 Å². The van der Waals surface area contributed by atoms with E-state index < -0.39 is 11.2 Å². The first kappa shape index (κ1) is 22.8. The van der Waals surface area contributed by atoms with Gasteiger partial charge in [0.15, 0.2) is 5.65 Å². The third-order valence-electron chi connectivity index (χ3n) is 3.98. The summed E-state index contributed by atoms with van der Waals surface area (Å²) in [5, 5.41) is 8.22. The molecule has 0 aromatic carbocycles. The number of nitrogens with zero attached hydrogens (tertiary/aromatic N) is 5. The Balaban J connectivity index is 2.09. The van der Waals surface area contributed by atoms with Gasteiger partial charge >= 0.3 is 6.01 Å². The first-order chi connectivity index (χ1) is 14.2. The molecule has 0 saturated heterocycles. The molecule has 0 aliphatic carbocycles. The number of hydrogen-bond acceptors (Lipinski definition) is 7. The number of aromatic nitrogens is 5. The summed E-state index contributed by atoms with van der Waals surface area (Å²) in [6.07, 6.45) is 5.26. The minimum atomic E-state index is -0.450. The summed E-state index contributed by atoms with van der Waals surface area (Å²) in [6.45, 7) is 19.1. The number of nitrogens with one attached hydrogen (secondary N) is 1. The molecule has 8 nitrogen and oxygen atoms in total. The summed E-state index contributed by atoms with van der Waals surface area (Å²) >= 11 is 0. The van der Waals surface area contributed by atoms with Gasteiger partial charge in [0.05, 0.1) is 11.3 Å². The maximum absolute atomic E-state index is 6.17. The minimum Gasteiger partial charge on any atom is -0.471 e. The van der Waals surface area contributed by atoms with E-state index in [1.807, 2.05) is 53.8 Å². The van der Waals surface area contributed by atoms with Crippen molar-refractivity contribution >= 4 is 11.3 Å². The molecule has 3 aromatic rings. The smallest absolute Gasteiger partial charge is 0.320 e. The highest BCUT2D eigenvalue weighted by atomic mass is 16.5. The van der Waals surface area contributed by atoms with Gasteiger partial charge in [-0.2, -0.15) is 10.1 Å². The third kappa shape index (κ3) is 6.29. The van der Waals surface area contributed by atoms with Gasteiger partial charge < -0.3 is 14.8 Å². The number of ether oxygens (including phenoxy) is 2. The van der Waals surface area contributed by atoms with E-state index >= 15 is 0 Å². The molecule has 0 aliphatic heterocycles. The van der Waals surface area contributed by atoms with Crippen molar-refractivity contribution in [1.29, 1.82) is 0 Å². The van der Waals surface area contributed by atoms with Crippen molar-refractivity contribution in [2.45, 2.75) is 73.5 Å². The van der Waals surface area contributed by atoms with Gasteiger partial charge in [0, 0.05) is 25.1 Å². The molecule has 0 atom stereocenters. The summed E-state index contributed by atoms with van der Waals surface area (Å²) < 4.78 is 13.8. The Hall–Kier alpha value is -2.90. The van der Waals surface area contributed by atoms with Crippen molar-refractivity contribution in [1.82, 2.24) is 24.6 Å². The molecular formula is C23H34N6O2. The Morgan fingerprint density at radius 2 is 1.61 bits per heavy atom. The number of imidazole rings is 1.